The summed E-state index contributed by atoms with van der Waals surface area (Å²) in [6, 6.07) is 3.47. The number of methoxy groups -OCH3 is 1. The zero-order valence-corrected chi connectivity index (χ0v) is 18.1. The molecule has 0 N–H and O–H groups in total. The standard InChI is InChI=1S/C24H24FN3O4/c1-13-5-15(22-26-9-16(25)10-27-22)6-19(32-2)20(13)21-17(29)7-24(8-18(21)30)11-28(12-24)23(31)14-3-4-14/h5-6,9-10,14,21H,3-4,7-8,11-12H2,1-2H3. The fourth-order valence-electron chi connectivity index (χ4n) is 5.13. The molecule has 5 rings (SSSR count). The average Bonchev–Trinajstić information content (AvgIpc) is 3.57. The van der Waals surface area contributed by atoms with Crippen molar-refractivity contribution in [3.05, 3.63) is 41.5 Å². The highest BCUT2D eigenvalue weighted by atomic mass is 19.1. The fourth-order valence-corrected chi connectivity index (χ4v) is 5.13. The highest BCUT2D eigenvalue weighted by Gasteiger charge is 2.54. The van der Waals surface area contributed by atoms with E-state index in [1.54, 1.807) is 17.0 Å². The summed E-state index contributed by atoms with van der Waals surface area (Å²) in [5.41, 5.74) is 1.48. The summed E-state index contributed by atoms with van der Waals surface area (Å²) < 4.78 is 18.7. The monoisotopic (exact) mass is 437 g/mol. The van der Waals surface area contributed by atoms with Crippen LogP contribution in [0.25, 0.3) is 11.4 Å². The van der Waals surface area contributed by atoms with Gasteiger partial charge in [0.1, 0.15) is 23.2 Å². The summed E-state index contributed by atoms with van der Waals surface area (Å²) in [4.78, 5) is 48.5. The molecule has 1 aliphatic heterocycles. The van der Waals surface area contributed by atoms with Crippen molar-refractivity contribution < 1.29 is 23.5 Å². The van der Waals surface area contributed by atoms with E-state index in [-0.39, 0.29) is 36.2 Å². The first-order valence-corrected chi connectivity index (χ1v) is 10.8. The second-order valence-electron chi connectivity index (χ2n) is 9.32. The summed E-state index contributed by atoms with van der Waals surface area (Å²) in [5, 5.41) is 0. The van der Waals surface area contributed by atoms with Crippen molar-refractivity contribution in [1.82, 2.24) is 14.9 Å². The molecule has 0 unspecified atom stereocenters. The van der Waals surface area contributed by atoms with Crippen LogP contribution in [0.1, 0.15) is 42.7 Å². The maximum Gasteiger partial charge on any atom is 0.225 e. The van der Waals surface area contributed by atoms with Crippen LogP contribution in [0.15, 0.2) is 24.5 Å². The van der Waals surface area contributed by atoms with E-state index in [2.05, 4.69) is 9.97 Å². The Kier molecular flexibility index (Phi) is 4.83. The Morgan fingerprint density at radius 2 is 1.75 bits per heavy atom. The van der Waals surface area contributed by atoms with Crippen LogP contribution in [0.3, 0.4) is 0 Å². The third-order valence-corrected chi connectivity index (χ3v) is 6.77. The van der Waals surface area contributed by atoms with Gasteiger partial charge in [-0.25, -0.2) is 14.4 Å². The summed E-state index contributed by atoms with van der Waals surface area (Å²) in [6.07, 6.45) is 4.62. The van der Waals surface area contributed by atoms with Gasteiger partial charge in [-0.1, -0.05) is 0 Å². The molecule has 1 amide bonds. The number of Topliss-reactive ketones (excluding diaryl/α,β-unsaturated/α-hetero) is 2. The van der Waals surface area contributed by atoms with Crippen LogP contribution < -0.4 is 4.74 Å². The Balaban J connectivity index is 1.40. The van der Waals surface area contributed by atoms with Crippen LogP contribution in [-0.4, -0.2) is 52.5 Å². The minimum absolute atomic E-state index is 0.132. The first-order chi connectivity index (χ1) is 15.3. The second-order valence-corrected chi connectivity index (χ2v) is 9.32. The molecule has 0 bridgehead atoms. The van der Waals surface area contributed by atoms with Gasteiger partial charge in [0.25, 0.3) is 0 Å². The molecule has 1 aromatic carbocycles. The van der Waals surface area contributed by atoms with E-state index in [1.807, 2.05) is 6.92 Å². The number of halogens is 1. The number of carbonyl (C=O) groups excluding carboxylic acids is 3. The molecule has 7 nitrogen and oxygen atoms in total. The Labute approximate surface area is 185 Å². The van der Waals surface area contributed by atoms with Gasteiger partial charge in [0.15, 0.2) is 11.6 Å². The molecule has 32 heavy (non-hydrogen) atoms. The molecule has 2 aromatic rings. The van der Waals surface area contributed by atoms with E-state index in [1.165, 1.54) is 7.11 Å². The fraction of sp³-hybridized carbons (Fsp3) is 0.458. The number of amides is 1. The van der Waals surface area contributed by atoms with Gasteiger partial charge in [0.05, 0.1) is 19.5 Å². The first kappa shape index (κ1) is 20.7. The number of rotatable bonds is 4. The Bertz CT molecular complexity index is 1100. The number of ether oxygens (including phenoxy) is 1. The number of carbonyl (C=O) groups is 3. The minimum Gasteiger partial charge on any atom is -0.496 e. The number of aryl methyl sites for hydroxylation is 1. The lowest BCUT2D eigenvalue weighted by Crippen LogP contribution is -2.62. The molecular weight excluding hydrogens is 413 g/mol. The molecule has 166 valence electrons. The molecule has 1 saturated heterocycles. The lowest BCUT2D eigenvalue weighted by atomic mass is 9.63. The van der Waals surface area contributed by atoms with E-state index in [0.717, 1.165) is 25.2 Å². The quantitative estimate of drug-likeness (QED) is 0.684. The number of likely N-dealkylation sites (tertiary alicyclic amines) is 1. The van der Waals surface area contributed by atoms with Crippen molar-refractivity contribution in [3.63, 3.8) is 0 Å². The zero-order chi connectivity index (χ0) is 22.6. The minimum atomic E-state index is -0.882. The largest absolute Gasteiger partial charge is 0.496 e. The van der Waals surface area contributed by atoms with Gasteiger partial charge in [-0.15, -0.1) is 0 Å². The van der Waals surface area contributed by atoms with E-state index in [9.17, 15) is 18.8 Å². The van der Waals surface area contributed by atoms with Gasteiger partial charge in [-0.3, -0.25) is 14.4 Å². The molecule has 1 aromatic heterocycles. The van der Waals surface area contributed by atoms with Crippen molar-refractivity contribution in [2.24, 2.45) is 11.3 Å². The summed E-state index contributed by atoms with van der Waals surface area (Å²) in [6.45, 7) is 2.79. The molecule has 0 atom stereocenters. The van der Waals surface area contributed by atoms with Crippen LogP contribution >= 0.6 is 0 Å². The summed E-state index contributed by atoms with van der Waals surface area (Å²) in [7, 11) is 1.49. The molecule has 8 heteroatoms. The number of hydrogen-bond acceptors (Lipinski definition) is 6. The zero-order valence-electron chi connectivity index (χ0n) is 18.1. The van der Waals surface area contributed by atoms with Gasteiger partial charge in [-0.05, 0) is 37.5 Å². The molecule has 2 aliphatic carbocycles. The first-order valence-electron chi connectivity index (χ1n) is 10.8. The van der Waals surface area contributed by atoms with Gasteiger partial charge in [-0.2, -0.15) is 0 Å². The van der Waals surface area contributed by atoms with E-state index in [4.69, 9.17) is 4.74 Å². The summed E-state index contributed by atoms with van der Waals surface area (Å²) >= 11 is 0. The lowest BCUT2D eigenvalue weighted by molar-refractivity contribution is -0.155. The number of benzene rings is 1. The van der Waals surface area contributed by atoms with Gasteiger partial charge in [0, 0.05) is 48.4 Å². The maximum atomic E-state index is 13.2. The van der Waals surface area contributed by atoms with Crippen LogP contribution in [0.4, 0.5) is 4.39 Å². The van der Waals surface area contributed by atoms with E-state index < -0.39 is 17.2 Å². The third kappa shape index (κ3) is 3.47. The average molecular weight is 437 g/mol. The van der Waals surface area contributed by atoms with E-state index >= 15 is 0 Å². The predicted octanol–water partition coefficient (Wildman–Crippen LogP) is 2.85. The number of hydrogen-bond donors (Lipinski definition) is 0. The molecule has 3 aliphatic rings. The summed E-state index contributed by atoms with van der Waals surface area (Å²) in [5.74, 6) is -0.635. The van der Waals surface area contributed by atoms with Crippen LogP contribution in [0.2, 0.25) is 0 Å². The maximum absolute atomic E-state index is 13.2. The molecule has 3 fully saturated rings. The normalized spacial score (nSPS) is 20.4. The highest BCUT2D eigenvalue weighted by Crippen LogP contribution is 2.48. The number of nitrogens with zero attached hydrogens (tertiary/aromatic N) is 3. The molecule has 0 radical (unpaired) electrons. The Morgan fingerprint density at radius 3 is 2.31 bits per heavy atom. The highest BCUT2D eigenvalue weighted by molar-refractivity contribution is 6.11. The van der Waals surface area contributed by atoms with Crippen molar-refractivity contribution in [2.75, 3.05) is 20.2 Å². The molecular formula is C24H24FN3O4. The second kappa shape index (κ2) is 7.46. The third-order valence-electron chi connectivity index (χ3n) is 6.77. The Hall–Kier alpha value is -3.16. The smallest absolute Gasteiger partial charge is 0.225 e. The van der Waals surface area contributed by atoms with Crippen LogP contribution in [-0.2, 0) is 14.4 Å². The van der Waals surface area contributed by atoms with Crippen molar-refractivity contribution in [2.45, 2.75) is 38.5 Å². The SMILES string of the molecule is COc1cc(-c2ncc(F)cn2)cc(C)c1C1C(=O)CC2(CC1=O)CN(C(=O)C1CC1)C2. The van der Waals surface area contributed by atoms with Gasteiger partial charge < -0.3 is 9.64 Å². The topological polar surface area (TPSA) is 89.5 Å². The number of ketones is 2. The van der Waals surface area contributed by atoms with Crippen molar-refractivity contribution in [1.29, 1.82) is 0 Å². The molecule has 1 spiro atoms. The van der Waals surface area contributed by atoms with Crippen LogP contribution in [0.5, 0.6) is 5.75 Å². The Morgan fingerprint density at radius 1 is 1.12 bits per heavy atom. The lowest BCUT2D eigenvalue weighted by Gasteiger charge is -2.52. The van der Waals surface area contributed by atoms with Crippen molar-refractivity contribution >= 4 is 17.5 Å². The number of aromatic nitrogens is 2. The molecule has 2 heterocycles. The van der Waals surface area contributed by atoms with Gasteiger partial charge in [0.2, 0.25) is 5.91 Å². The predicted molar refractivity (Wildman–Crippen MR) is 112 cm³/mol. The van der Waals surface area contributed by atoms with Crippen LogP contribution in [0, 0.1) is 24.1 Å². The molecule has 2 saturated carbocycles. The van der Waals surface area contributed by atoms with Gasteiger partial charge >= 0.3 is 0 Å². The van der Waals surface area contributed by atoms with Crippen molar-refractivity contribution in [3.8, 4) is 17.1 Å². The van der Waals surface area contributed by atoms with E-state index in [0.29, 0.717) is 41.4 Å².